The fraction of sp³-hybridized carbons (Fsp3) is 0.588. The summed E-state index contributed by atoms with van der Waals surface area (Å²) in [6, 6.07) is 5.73. The molecule has 0 amide bonds. The number of hydrogen-bond acceptors (Lipinski definition) is 2. The van der Waals surface area contributed by atoms with Crippen LogP contribution in [0.4, 0.5) is 0 Å². The van der Waals surface area contributed by atoms with Gasteiger partial charge in [0.05, 0.1) is 0 Å². The predicted octanol–water partition coefficient (Wildman–Crippen LogP) is 4.41. The Labute approximate surface area is 116 Å². The van der Waals surface area contributed by atoms with Gasteiger partial charge in [0.2, 0.25) is 0 Å². The average Bonchev–Trinajstić information content (AvgIpc) is 2.24. The standard InChI is InChI=1S/C17H26O2/c1-16(2,3)13(9-10-18)12-7-8-15(19)14(11-12)17(4,5)6/h7-8,10-11,13,19H,9H2,1-6H3. The molecule has 19 heavy (non-hydrogen) atoms. The number of phenolic OH excluding ortho intramolecular Hbond substituents is 1. The molecule has 0 aliphatic carbocycles. The molecule has 0 spiro atoms. The maximum Gasteiger partial charge on any atom is 0.120 e. The van der Waals surface area contributed by atoms with E-state index in [0.717, 1.165) is 17.4 Å². The van der Waals surface area contributed by atoms with E-state index in [1.165, 1.54) is 0 Å². The summed E-state index contributed by atoms with van der Waals surface area (Å²) in [5, 5.41) is 10.0. The molecule has 1 rings (SSSR count). The number of rotatable bonds is 3. The van der Waals surface area contributed by atoms with Gasteiger partial charge in [-0.1, -0.05) is 53.7 Å². The minimum absolute atomic E-state index is 0.0209. The largest absolute Gasteiger partial charge is 0.508 e. The minimum atomic E-state index is -0.107. The lowest BCUT2D eigenvalue weighted by atomic mass is 9.73. The van der Waals surface area contributed by atoms with E-state index >= 15 is 0 Å². The molecule has 1 aromatic carbocycles. The molecule has 0 aromatic heterocycles. The molecule has 1 atom stereocenters. The molecule has 2 heteroatoms. The van der Waals surface area contributed by atoms with Crippen molar-refractivity contribution < 1.29 is 9.90 Å². The Balaban J connectivity index is 3.30. The molecule has 0 fully saturated rings. The molecule has 0 aliphatic rings. The zero-order valence-electron chi connectivity index (χ0n) is 12.9. The number of carbonyl (C=O) groups excluding carboxylic acids is 1. The molecule has 1 N–H and O–H groups in total. The lowest BCUT2D eigenvalue weighted by Crippen LogP contribution is -2.20. The highest BCUT2D eigenvalue weighted by Gasteiger charge is 2.28. The van der Waals surface area contributed by atoms with Crippen molar-refractivity contribution >= 4 is 6.29 Å². The molecule has 2 nitrogen and oxygen atoms in total. The Hall–Kier alpha value is -1.31. The van der Waals surface area contributed by atoms with Gasteiger partial charge in [-0.2, -0.15) is 0 Å². The summed E-state index contributed by atoms with van der Waals surface area (Å²) in [6.45, 7) is 12.7. The second-order valence-electron chi connectivity index (χ2n) is 7.35. The molecular weight excluding hydrogens is 236 g/mol. The van der Waals surface area contributed by atoms with Gasteiger partial charge >= 0.3 is 0 Å². The van der Waals surface area contributed by atoms with Crippen LogP contribution in [0.3, 0.4) is 0 Å². The SMILES string of the molecule is CC(C)(C)c1cc(C(CC=O)C(C)(C)C)ccc1O. The number of phenols is 1. The van der Waals surface area contributed by atoms with E-state index in [-0.39, 0.29) is 16.7 Å². The van der Waals surface area contributed by atoms with Crippen LogP contribution in [0.5, 0.6) is 5.75 Å². The van der Waals surface area contributed by atoms with Gasteiger partial charge in [0.15, 0.2) is 0 Å². The summed E-state index contributed by atoms with van der Waals surface area (Å²) in [7, 11) is 0. The summed E-state index contributed by atoms with van der Waals surface area (Å²) >= 11 is 0. The van der Waals surface area contributed by atoms with Crippen LogP contribution in [-0.2, 0) is 10.2 Å². The lowest BCUT2D eigenvalue weighted by Gasteiger charge is -2.31. The number of carbonyl (C=O) groups is 1. The van der Waals surface area contributed by atoms with Crippen molar-refractivity contribution in [3.8, 4) is 5.75 Å². The summed E-state index contributed by atoms with van der Waals surface area (Å²) in [4.78, 5) is 10.9. The molecule has 0 saturated heterocycles. The first-order valence-electron chi connectivity index (χ1n) is 6.84. The number of hydrogen-bond donors (Lipinski definition) is 1. The van der Waals surface area contributed by atoms with E-state index in [9.17, 15) is 9.90 Å². The molecule has 0 saturated carbocycles. The van der Waals surface area contributed by atoms with E-state index < -0.39 is 0 Å². The molecule has 1 aromatic rings. The molecule has 0 bridgehead atoms. The van der Waals surface area contributed by atoms with Gasteiger partial charge in [-0.25, -0.2) is 0 Å². The van der Waals surface area contributed by atoms with Gasteiger partial charge in [-0.3, -0.25) is 0 Å². The number of benzene rings is 1. The maximum absolute atomic E-state index is 10.9. The third-order valence-corrected chi connectivity index (χ3v) is 3.61. The monoisotopic (exact) mass is 262 g/mol. The predicted molar refractivity (Wildman–Crippen MR) is 79.7 cm³/mol. The van der Waals surface area contributed by atoms with Gasteiger partial charge in [0.25, 0.3) is 0 Å². The van der Waals surface area contributed by atoms with Crippen LogP contribution in [0.25, 0.3) is 0 Å². The van der Waals surface area contributed by atoms with Gasteiger partial charge in [-0.05, 0) is 33.9 Å². The quantitative estimate of drug-likeness (QED) is 0.819. The fourth-order valence-corrected chi connectivity index (χ4v) is 2.46. The van der Waals surface area contributed by atoms with E-state index in [1.54, 1.807) is 6.07 Å². The highest BCUT2D eigenvalue weighted by Crippen LogP contribution is 2.40. The first-order chi connectivity index (χ1) is 8.57. The van der Waals surface area contributed by atoms with Crippen molar-refractivity contribution in [3.63, 3.8) is 0 Å². The minimum Gasteiger partial charge on any atom is -0.508 e. The van der Waals surface area contributed by atoms with Crippen LogP contribution < -0.4 is 0 Å². The Morgan fingerprint density at radius 2 is 1.74 bits per heavy atom. The van der Waals surface area contributed by atoms with Crippen LogP contribution in [0.1, 0.15) is 65.0 Å². The van der Waals surface area contributed by atoms with Crippen molar-refractivity contribution in [3.05, 3.63) is 29.3 Å². The van der Waals surface area contributed by atoms with Crippen LogP contribution in [0.15, 0.2) is 18.2 Å². The zero-order chi connectivity index (χ0) is 14.8. The number of aldehydes is 1. The van der Waals surface area contributed by atoms with Crippen molar-refractivity contribution in [1.29, 1.82) is 0 Å². The first-order valence-corrected chi connectivity index (χ1v) is 6.84. The highest BCUT2D eigenvalue weighted by molar-refractivity contribution is 5.53. The van der Waals surface area contributed by atoms with Gasteiger partial charge in [-0.15, -0.1) is 0 Å². The van der Waals surface area contributed by atoms with Crippen molar-refractivity contribution in [2.45, 2.75) is 59.3 Å². The molecule has 1 unspecified atom stereocenters. The summed E-state index contributed by atoms with van der Waals surface area (Å²) < 4.78 is 0. The van der Waals surface area contributed by atoms with Crippen molar-refractivity contribution in [1.82, 2.24) is 0 Å². The Morgan fingerprint density at radius 3 is 2.16 bits per heavy atom. The van der Waals surface area contributed by atoms with E-state index in [0.29, 0.717) is 12.2 Å². The van der Waals surface area contributed by atoms with Crippen molar-refractivity contribution in [2.24, 2.45) is 5.41 Å². The molecule has 0 aliphatic heterocycles. The maximum atomic E-state index is 10.9. The smallest absolute Gasteiger partial charge is 0.120 e. The third-order valence-electron chi connectivity index (χ3n) is 3.61. The van der Waals surface area contributed by atoms with Gasteiger partial charge < -0.3 is 9.90 Å². The van der Waals surface area contributed by atoms with E-state index in [4.69, 9.17) is 0 Å². The number of aromatic hydroxyl groups is 1. The van der Waals surface area contributed by atoms with Crippen molar-refractivity contribution in [2.75, 3.05) is 0 Å². The Morgan fingerprint density at radius 1 is 1.16 bits per heavy atom. The van der Waals surface area contributed by atoms with Crippen LogP contribution >= 0.6 is 0 Å². The second kappa shape index (κ2) is 5.36. The van der Waals surface area contributed by atoms with Gasteiger partial charge in [0, 0.05) is 6.42 Å². The second-order valence-corrected chi connectivity index (χ2v) is 7.35. The first kappa shape index (κ1) is 15.7. The zero-order valence-corrected chi connectivity index (χ0v) is 12.9. The topological polar surface area (TPSA) is 37.3 Å². The summed E-state index contributed by atoms with van der Waals surface area (Å²) in [5.41, 5.74) is 1.98. The molecule has 106 valence electrons. The van der Waals surface area contributed by atoms with E-state index in [1.807, 2.05) is 6.07 Å². The highest BCUT2D eigenvalue weighted by atomic mass is 16.3. The molecule has 0 heterocycles. The molecule has 0 radical (unpaired) electrons. The van der Waals surface area contributed by atoms with Gasteiger partial charge in [0.1, 0.15) is 12.0 Å². The summed E-state index contributed by atoms with van der Waals surface area (Å²) in [6.07, 6.45) is 1.50. The van der Waals surface area contributed by atoms with Crippen LogP contribution in [-0.4, -0.2) is 11.4 Å². The average molecular weight is 262 g/mol. The Bertz CT molecular complexity index is 447. The van der Waals surface area contributed by atoms with E-state index in [2.05, 4.69) is 47.6 Å². The van der Waals surface area contributed by atoms with Crippen LogP contribution in [0, 0.1) is 5.41 Å². The normalized spacial score (nSPS) is 14.2. The Kier molecular flexibility index (Phi) is 4.44. The lowest BCUT2D eigenvalue weighted by molar-refractivity contribution is -0.108. The van der Waals surface area contributed by atoms with Crippen LogP contribution in [0.2, 0.25) is 0 Å². The summed E-state index contributed by atoms with van der Waals surface area (Å²) in [5.74, 6) is 0.502. The fourth-order valence-electron chi connectivity index (χ4n) is 2.46. The molecular formula is C17H26O2. The third kappa shape index (κ3) is 3.82.